The molecule has 84 valence electrons. The van der Waals surface area contributed by atoms with Gasteiger partial charge in [-0.1, -0.05) is 17.7 Å². The minimum absolute atomic E-state index is 0.0983. The van der Waals surface area contributed by atoms with Gasteiger partial charge in [0.15, 0.2) is 0 Å². The molecule has 0 bridgehead atoms. The molecule has 0 aromatic heterocycles. The van der Waals surface area contributed by atoms with Crippen LogP contribution in [0.1, 0.15) is 5.56 Å². The molecule has 0 saturated heterocycles. The molecule has 1 aromatic carbocycles. The molecule has 0 fully saturated rings. The number of sulfonamides is 1. The van der Waals surface area contributed by atoms with Crippen molar-refractivity contribution in [3.63, 3.8) is 0 Å². The van der Waals surface area contributed by atoms with E-state index in [4.69, 9.17) is 16.7 Å². The second-order valence-corrected chi connectivity index (χ2v) is 5.42. The Morgan fingerprint density at radius 2 is 2.13 bits per heavy atom. The van der Waals surface area contributed by atoms with Crippen LogP contribution < -0.4 is 10.5 Å². The number of aryl methyl sites for hydroxylation is 1. The van der Waals surface area contributed by atoms with Crippen molar-refractivity contribution in [3.8, 4) is 0 Å². The molecule has 0 amide bonds. The van der Waals surface area contributed by atoms with Crippen LogP contribution in [-0.2, 0) is 10.0 Å². The van der Waals surface area contributed by atoms with E-state index in [1.165, 1.54) is 0 Å². The molecule has 0 heterocycles. The lowest BCUT2D eigenvalue weighted by atomic mass is 10.2. The first kappa shape index (κ1) is 12.3. The second-order valence-electron chi connectivity index (χ2n) is 3.25. The van der Waals surface area contributed by atoms with E-state index in [1.54, 1.807) is 12.1 Å². The standard InChI is InChI=1S/C9H13ClN2O2S/c1-7-2-3-8(10)6-9(7)12-4-5-15(11,13)14/h2-3,6,12H,4-5H2,1H3,(H2,11,13,14). The van der Waals surface area contributed by atoms with E-state index < -0.39 is 10.0 Å². The highest BCUT2D eigenvalue weighted by Crippen LogP contribution is 2.19. The Balaban J connectivity index is 2.61. The number of benzene rings is 1. The summed E-state index contributed by atoms with van der Waals surface area (Å²) in [6, 6.07) is 5.39. The van der Waals surface area contributed by atoms with E-state index in [0.717, 1.165) is 11.3 Å². The number of nitrogens with two attached hydrogens (primary N) is 1. The number of hydrogen-bond acceptors (Lipinski definition) is 3. The maximum Gasteiger partial charge on any atom is 0.210 e. The van der Waals surface area contributed by atoms with Gasteiger partial charge in [-0.2, -0.15) is 0 Å². The van der Waals surface area contributed by atoms with E-state index in [9.17, 15) is 8.42 Å². The van der Waals surface area contributed by atoms with Crippen LogP contribution in [0.5, 0.6) is 0 Å². The molecule has 1 aromatic rings. The summed E-state index contributed by atoms with van der Waals surface area (Å²) < 4.78 is 21.4. The molecule has 0 atom stereocenters. The fourth-order valence-corrected chi connectivity index (χ4v) is 1.67. The first-order valence-corrected chi connectivity index (χ1v) is 6.48. The third kappa shape index (κ3) is 4.51. The van der Waals surface area contributed by atoms with E-state index in [2.05, 4.69) is 5.32 Å². The summed E-state index contributed by atoms with van der Waals surface area (Å²) in [5.41, 5.74) is 1.83. The molecule has 3 N–H and O–H groups in total. The summed E-state index contributed by atoms with van der Waals surface area (Å²) in [6.45, 7) is 2.19. The van der Waals surface area contributed by atoms with Gasteiger partial charge in [0, 0.05) is 17.3 Å². The fraction of sp³-hybridized carbons (Fsp3) is 0.333. The van der Waals surface area contributed by atoms with Crippen LogP contribution in [0.15, 0.2) is 18.2 Å². The molecule has 6 heteroatoms. The number of primary sulfonamides is 1. The van der Waals surface area contributed by atoms with E-state index in [1.807, 2.05) is 13.0 Å². The van der Waals surface area contributed by atoms with Gasteiger partial charge in [-0.3, -0.25) is 0 Å². The van der Waals surface area contributed by atoms with Crippen molar-refractivity contribution in [1.82, 2.24) is 0 Å². The van der Waals surface area contributed by atoms with E-state index in [-0.39, 0.29) is 12.3 Å². The summed E-state index contributed by atoms with van der Waals surface area (Å²) in [6.07, 6.45) is 0. The maximum absolute atomic E-state index is 10.7. The SMILES string of the molecule is Cc1ccc(Cl)cc1NCCS(N)(=O)=O. The van der Waals surface area contributed by atoms with Crippen molar-refractivity contribution >= 4 is 27.3 Å². The number of nitrogens with one attached hydrogen (secondary N) is 1. The van der Waals surface area contributed by atoms with Crippen LogP contribution in [0.25, 0.3) is 0 Å². The van der Waals surface area contributed by atoms with Crippen LogP contribution in [0.2, 0.25) is 5.02 Å². The summed E-state index contributed by atoms with van der Waals surface area (Å²) in [4.78, 5) is 0. The molecule has 0 radical (unpaired) electrons. The molecule has 0 saturated carbocycles. The monoisotopic (exact) mass is 248 g/mol. The molecule has 4 nitrogen and oxygen atoms in total. The number of rotatable bonds is 4. The Morgan fingerprint density at radius 1 is 1.47 bits per heavy atom. The lowest BCUT2D eigenvalue weighted by Crippen LogP contribution is -2.22. The topological polar surface area (TPSA) is 72.2 Å². The van der Waals surface area contributed by atoms with Crippen molar-refractivity contribution < 1.29 is 8.42 Å². The average molecular weight is 249 g/mol. The zero-order chi connectivity index (χ0) is 11.5. The largest absolute Gasteiger partial charge is 0.384 e. The highest BCUT2D eigenvalue weighted by atomic mass is 35.5. The lowest BCUT2D eigenvalue weighted by Gasteiger charge is -2.08. The molecule has 1 rings (SSSR count). The van der Waals surface area contributed by atoms with Gasteiger partial charge < -0.3 is 5.32 Å². The Morgan fingerprint density at radius 3 is 2.73 bits per heavy atom. The molecular weight excluding hydrogens is 236 g/mol. The normalized spacial score (nSPS) is 11.4. The van der Waals surface area contributed by atoms with E-state index in [0.29, 0.717) is 5.02 Å². The molecular formula is C9H13ClN2O2S. The first-order valence-electron chi connectivity index (χ1n) is 4.39. The van der Waals surface area contributed by atoms with Crippen LogP contribution in [0, 0.1) is 6.92 Å². The Labute approximate surface area is 94.5 Å². The van der Waals surface area contributed by atoms with Gasteiger partial charge in [0.1, 0.15) is 0 Å². The zero-order valence-corrected chi connectivity index (χ0v) is 9.90. The van der Waals surface area contributed by atoms with Crippen molar-refractivity contribution in [2.24, 2.45) is 5.14 Å². The average Bonchev–Trinajstić information content (AvgIpc) is 2.09. The highest BCUT2D eigenvalue weighted by molar-refractivity contribution is 7.89. The quantitative estimate of drug-likeness (QED) is 0.845. The molecule has 0 aliphatic heterocycles. The molecule has 0 unspecified atom stereocenters. The maximum atomic E-state index is 10.7. The van der Waals surface area contributed by atoms with Crippen LogP contribution in [-0.4, -0.2) is 20.7 Å². The highest BCUT2D eigenvalue weighted by Gasteiger charge is 2.03. The van der Waals surface area contributed by atoms with Gasteiger partial charge >= 0.3 is 0 Å². The van der Waals surface area contributed by atoms with Crippen molar-refractivity contribution in [3.05, 3.63) is 28.8 Å². The lowest BCUT2D eigenvalue weighted by molar-refractivity contribution is 0.598. The van der Waals surface area contributed by atoms with Gasteiger partial charge in [-0.05, 0) is 24.6 Å². The second kappa shape index (κ2) is 4.83. The minimum Gasteiger partial charge on any atom is -0.384 e. The fourth-order valence-electron chi connectivity index (χ4n) is 1.11. The predicted molar refractivity (Wildman–Crippen MR) is 62.7 cm³/mol. The third-order valence-electron chi connectivity index (χ3n) is 1.90. The molecule has 0 aliphatic rings. The van der Waals surface area contributed by atoms with Gasteiger partial charge in [0.25, 0.3) is 0 Å². The van der Waals surface area contributed by atoms with Gasteiger partial charge in [0.2, 0.25) is 10.0 Å². The summed E-state index contributed by atoms with van der Waals surface area (Å²) in [5, 5.41) is 8.45. The first-order chi connectivity index (χ1) is 6.88. The van der Waals surface area contributed by atoms with Crippen LogP contribution in [0.4, 0.5) is 5.69 Å². The Kier molecular flexibility index (Phi) is 3.96. The Bertz CT molecular complexity index is 445. The number of anilines is 1. The van der Waals surface area contributed by atoms with Gasteiger partial charge in [0.05, 0.1) is 5.75 Å². The number of hydrogen-bond donors (Lipinski definition) is 2. The summed E-state index contributed by atoms with van der Waals surface area (Å²) in [5.74, 6) is -0.0983. The molecule has 0 aliphatic carbocycles. The van der Waals surface area contributed by atoms with Gasteiger partial charge in [-0.15, -0.1) is 0 Å². The zero-order valence-electron chi connectivity index (χ0n) is 8.33. The molecule has 15 heavy (non-hydrogen) atoms. The van der Waals surface area contributed by atoms with Crippen molar-refractivity contribution in [2.75, 3.05) is 17.6 Å². The summed E-state index contributed by atoms with van der Waals surface area (Å²) >= 11 is 5.80. The van der Waals surface area contributed by atoms with Crippen LogP contribution in [0.3, 0.4) is 0 Å². The van der Waals surface area contributed by atoms with Gasteiger partial charge in [-0.25, -0.2) is 13.6 Å². The minimum atomic E-state index is -3.41. The smallest absolute Gasteiger partial charge is 0.210 e. The van der Waals surface area contributed by atoms with Crippen molar-refractivity contribution in [1.29, 1.82) is 0 Å². The van der Waals surface area contributed by atoms with Crippen LogP contribution >= 0.6 is 11.6 Å². The third-order valence-corrected chi connectivity index (χ3v) is 2.91. The Hall–Kier alpha value is -0.780. The summed E-state index contributed by atoms with van der Waals surface area (Å²) in [7, 11) is -3.41. The molecule has 0 spiro atoms. The predicted octanol–water partition coefficient (Wildman–Crippen LogP) is 1.35. The van der Waals surface area contributed by atoms with Crippen molar-refractivity contribution in [2.45, 2.75) is 6.92 Å². The van der Waals surface area contributed by atoms with E-state index >= 15 is 0 Å². The number of halogens is 1.